The third kappa shape index (κ3) is 12.2. The number of hydrogen-bond acceptors (Lipinski definition) is 7. The van der Waals surface area contributed by atoms with Crippen LogP contribution in [0.5, 0.6) is 17.2 Å². The van der Waals surface area contributed by atoms with Crippen LogP contribution in [0.4, 0.5) is 0 Å². The average molecular weight is 815 g/mol. The zero-order valence-corrected chi connectivity index (χ0v) is 36.0. The lowest BCUT2D eigenvalue weighted by Gasteiger charge is -2.25. The van der Waals surface area contributed by atoms with Gasteiger partial charge in [-0.1, -0.05) is 75.2 Å². The summed E-state index contributed by atoms with van der Waals surface area (Å²) in [5, 5.41) is 36.0. The lowest BCUT2D eigenvalue weighted by Crippen LogP contribution is -2.32. The summed E-state index contributed by atoms with van der Waals surface area (Å²) >= 11 is 0. The Morgan fingerprint density at radius 3 is 1.18 bits per heavy atom. The lowest BCUT2D eigenvalue weighted by molar-refractivity contribution is 0.0695. The summed E-state index contributed by atoms with van der Waals surface area (Å²) in [6.07, 6.45) is 5.33. The molecule has 0 unspecified atom stereocenters. The first-order valence-electron chi connectivity index (χ1n) is 21.4. The van der Waals surface area contributed by atoms with Crippen molar-refractivity contribution in [2.45, 2.75) is 86.2 Å². The van der Waals surface area contributed by atoms with Crippen LogP contribution in [0, 0.1) is 20.8 Å². The van der Waals surface area contributed by atoms with E-state index in [0.717, 1.165) is 42.4 Å². The van der Waals surface area contributed by atoms with Crippen LogP contribution in [-0.2, 0) is 22.6 Å². The third-order valence-electron chi connectivity index (χ3n) is 10.6. The smallest absolute Gasteiger partial charge is 0.254 e. The second-order valence-corrected chi connectivity index (χ2v) is 15.7. The minimum Gasteiger partial charge on any atom is -0.507 e. The summed E-state index contributed by atoms with van der Waals surface area (Å²) in [5.41, 5.74) is 6.30. The Balaban J connectivity index is 1.48. The van der Waals surface area contributed by atoms with Gasteiger partial charge in [0.15, 0.2) is 0 Å². The number of unbranched alkanes of at least 4 members (excludes halogenated alkanes) is 2. The molecule has 318 valence electrons. The number of phenols is 3. The maximum absolute atomic E-state index is 13.8. The molecule has 0 atom stereocenters. The first kappa shape index (κ1) is 45.4. The molecule has 9 nitrogen and oxygen atoms in total. The minimum atomic E-state index is -0.151. The van der Waals surface area contributed by atoms with E-state index in [2.05, 4.69) is 13.8 Å². The van der Waals surface area contributed by atoms with Gasteiger partial charge in [-0.15, -0.1) is 0 Å². The van der Waals surface area contributed by atoms with Crippen molar-refractivity contribution in [1.82, 2.24) is 9.80 Å². The van der Waals surface area contributed by atoms with Crippen LogP contribution in [0.1, 0.15) is 101 Å². The highest BCUT2D eigenvalue weighted by Crippen LogP contribution is 2.47. The van der Waals surface area contributed by atoms with E-state index in [9.17, 15) is 24.9 Å². The lowest BCUT2D eigenvalue weighted by atomic mass is 9.90. The Bertz CT molecular complexity index is 2020. The first-order chi connectivity index (χ1) is 29.0. The van der Waals surface area contributed by atoms with Crippen LogP contribution in [0.2, 0.25) is 0 Å². The van der Waals surface area contributed by atoms with Crippen LogP contribution in [0.3, 0.4) is 0 Å². The van der Waals surface area contributed by atoms with Crippen LogP contribution >= 0.6 is 0 Å². The average Bonchev–Trinajstić information content (AvgIpc) is 3.25. The second kappa shape index (κ2) is 22.7. The number of phenolic OH excluding ortho intramolecular Hbond substituents is 3. The van der Waals surface area contributed by atoms with Crippen LogP contribution in [-0.4, -0.2) is 76.5 Å². The summed E-state index contributed by atoms with van der Waals surface area (Å²) < 4.78 is 11.6. The van der Waals surface area contributed by atoms with Crippen molar-refractivity contribution in [3.05, 3.63) is 136 Å². The molecule has 5 aromatic rings. The maximum Gasteiger partial charge on any atom is 0.254 e. The number of benzene rings is 5. The number of carbonyl (C=O) groups excluding carboxylic acids is 2. The molecule has 5 rings (SSSR count). The molecule has 9 heteroatoms. The molecule has 0 aliphatic heterocycles. The number of amides is 2. The van der Waals surface area contributed by atoms with Gasteiger partial charge in [-0.3, -0.25) is 9.59 Å². The summed E-state index contributed by atoms with van der Waals surface area (Å²) in [5.74, 6) is -0.493. The number of rotatable bonds is 22. The molecule has 0 spiro atoms. The summed E-state index contributed by atoms with van der Waals surface area (Å²) in [7, 11) is 0. The predicted molar refractivity (Wildman–Crippen MR) is 240 cm³/mol. The fourth-order valence-electron chi connectivity index (χ4n) is 7.40. The number of hydrogen-bond donors (Lipinski definition) is 3. The molecule has 5 aromatic carbocycles. The second-order valence-electron chi connectivity index (χ2n) is 15.7. The van der Waals surface area contributed by atoms with Gasteiger partial charge in [0.25, 0.3) is 11.8 Å². The molecular formula is C51H62N2O7. The molecule has 0 saturated heterocycles. The molecule has 0 fully saturated rings. The molecule has 0 aliphatic carbocycles. The molecule has 2 amide bonds. The SMILES string of the molecule is CCCCOCCCN(Cc1cc(C)cc(-c2cc(C)cc(-c3cc(C)cc(CN(CCCOCCCC)C(=O)c4ccccc4)c3O)c2O)c1O)C(=O)c1ccccc1. The van der Waals surface area contributed by atoms with Gasteiger partial charge in [0.2, 0.25) is 0 Å². The first-order valence-corrected chi connectivity index (χ1v) is 21.4. The maximum atomic E-state index is 13.8. The Morgan fingerprint density at radius 1 is 0.483 bits per heavy atom. The molecule has 0 aliphatic rings. The standard InChI is InChI=1S/C51H62N2O7/c1-6-8-24-59-26-16-22-52(50(57)39-18-12-10-13-19-39)34-41-28-36(3)30-43(47(41)54)45-32-38(5)33-46(49(45)56)44-31-37(4)29-42(48(44)55)35-53(23-17-27-60-25-9-7-2)51(58)40-20-14-11-15-21-40/h10-15,18-21,28-33,54-56H,6-9,16-17,22-27,34-35H2,1-5H3. The van der Waals surface area contributed by atoms with E-state index in [1.165, 1.54) is 0 Å². The third-order valence-corrected chi connectivity index (χ3v) is 10.6. The Kier molecular flexibility index (Phi) is 17.2. The van der Waals surface area contributed by atoms with Crippen molar-refractivity contribution in [3.63, 3.8) is 0 Å². The van der Waals surface area contributed by atoms with Gasteiger partial charge < -0.3 is 34.6 Å². The van der Waals surface area contributed by atoms with Crippen molar-refractivity contribution in [2.75, 3.05) is 39.5 Å². The molecule has 0 bridgehead atoms. The Hall–Kier alpha value is -5.64. The van der Waals surface area contributed by atoms with E-state index in [4.69, 9.17) is 9.47 Å². The van der Waals surface area contributed by atoms with Gasteiger partial charge in [-0.05, 0) is 112 Å². The van der Waals surface area contributed by atoms with E-state index in [0.29, 0.717) is 96.9 Å². The minimum absolute atomic E-state index is 0.0413. The molecule has 3 N–H and O–H groups in total. The monoisotopic (exact) mass is 814 g/mol. The highest BCUT2D eigenvalue weighted by atomic mass is 16.5. The van der Waals surface area contributed by atoms with Crippen LogP contribution in [0.15, 0.2) is 97.1 Å². The number of aryl methyl sites for hydroxylation is 3. The highest BCUT2D eigenvalue weighted by molar-refractivity contribution is 5.95. The summed E-state index contributed by atoms with van der Waals surface area (Å²) in [6, 6.07) is 29.2. The van der Waals surface area contributed by atoms with Gasteiger partial charge in [0.05, 0.1) is 0 Å². The van der Waals surface area contributed by atoms with Gasteiger partial charge in [0, 0.05) is 97.1 Å². The topological polar surface area (TPSA) is 120 Å². The Morgan fingerprint density at radius 2 is 0.817 bits per heavy atom. The molecule has 0 saturated carbocycles. The molecule has 60 heavy (non-hydrogen) atoms. The number of nitrogens with zero attached hydrogens (tertiary/aromatic N) is 2. The van der Waals surface area contributed by atoms with E-state index in [1.54, 1.807) is 34.1 Å². The summed E-state index contributed by atoms with van der Waals surface area (Å²) in [6.45, 7) is 13.5. The normalized spacial score (nSPS) is 11.2. The van der Waals surface area contributed by atoms with Crippen molar-refractivity contribution < 1.29 is 34.4 Å². The summed E-state index contributed by atoms with van der Waals surface area (Å²) in [4.78, 5) is 31.2. The molecule has 0 radical (unpaired) electrons. The fourth-order valence-corrected chi connectivity index (χ4v) is 7.40. The van der Waals surface area contributed by atoms with Crippen molar-refractivity contribution in [3.8, 4) is 39.5 Å². The predicted octanol–water partition coefficient (Wildman–Crippen LogP) is 10.8. The zero-order valence-electron chi connectivity index (χ0n) is 36.0. The molecule has 0 aromatic heterocycles. The van der Waals surface area contributed by atoms with Gasteiger partial charge in [0.1, 0.15) is 17.2 Å². The van der Waals surface area contributed by atoms with Crippen LogP contribution in [0.25, 0.3) is 22.3 Å². The highest BCUT2D eigenvalue weighted by Gasteiger charge is 2.24. The number of ether oxygens (including phenoxy) is 2. The Labute approximate surface area is 356 Å². The van der Waals surface area contributed by atoms with Crippen LogP contribution < -0.4 is 0 Å². The van der Waals surface area contributed by atoms with Gasteiger partial charge in [-0.25, -0.2) is 0 Å². The van der Waals surface area contributed by atoms with Crippen molar-refractivity contribution in [1.29, 1.82) is 0 Å². The van der Waals surface area contributed by atoms with Gasteiger partial charge >= 0.3 is 0 Å². The largest absolute Gasteiger partial charge is 0.507 e. The van der Waals surface area contributed by atoms with E-state index in [-0.39, 0.29) is 42.2 Å². The van der Waals surface area contributed by atoms with E-state index < -0.39 is 0 Å². The molecule has 0 heterocycles. The molecular weight excluding hydrogens is 753 g/mol. The number of aromatic hydroxyl groups is 3. The van der Waals surface area contributed by atoms with E-state index >= 15 is 0 Å². The van der Waals surface area contributed by atoms with E-state index in [1.807, 2.05) is 93.6 Å². The van der Waals surface area contributed by atoms with Crippen molar-refractivity contribution in [2.24, 2.45) is 0 Å². The van der Waals surface area contributed by atoms with Crippen molar-refractivity contribution >= 4 is 11.8 Å². The fraction of sp³-hybridized carbons (Fsp3) is 0.373. The quantitative estimate of drug-likeness (QED) is 0.0595. The zero-order chi connectivity index (χ0) is 43.0. The van der Waals surface area contributed by atoms with Gasteiger partial charge in [-0.2, -0.15) is 0 Å². The number of carbonyl (C=O) groups is 2.